The number of ether oxygens (including phenoxy) is 4. The van der Waals surface area contributed by atoms with E-state index in [0.717, 1.165) is 55.8 Å². The summed E-state index contributed by atoms with van der Waals surface area (Å²) < 4.78 is 23.9. The zero-order chi connectivity index (χ0) is 29.4. The van der Waals surface area contributed by atoms with Crippen molar-refractivity contribution in [2.75, 3.05) is 0 Å². The van der Waals surface area contributed by atoms with Crippen LogP contribution in [-0.4, -0.2) is 0 Å². The third-order valence-corrected chi connectivity index (χ3v) is 7.53. The highest BCUT2D eigenvalue weighted by atomic mass is 32.2. The van der Waals surface area contributed by atoms with Gasteiger partial charge in [0, 0.05) is 9.79 Å². The Morgan fingerprint density at radius 1 is 0.279 bits per heavy atom. The van der Waals surface area contributed by atoms with Crippen molar-refractivity contribution < 1.29 is 18.9 Å². The molecule has 43 heavy (non-hydrogen) atoms. The third-order valence-electron chi connectivity index (χ3n) is 6.52. The maximum atomic E-state index is 6.03. The summed E-state index contributed by atoms with van der Waals surface area (Å²) >= 11 is 1.68. The maximum Gasteiger partial charge on any atom is 0.127 e. The maximum absolute atomic E-state index is 6.03. The van der Waals surface area contributed by atoms with Crippen LogP contribution in [0.15, 0.2) is 155 Å². The SMILES string of the molecule is Cc1ccc(Oc2ccc(Oc3ccc(Sc4ccc(Oc5ccc(Oc6ccc(C)cc6)cc5)cc4)cc3)cc2)cc1. The first-order valence-corrected chi connectivity index (χ1v) is 14.8. The Hall–Kier alpha value is -5.13. The predicted molar refractivity (Wildman–Crippen MR) is 173 cm³/mol. The molecule has 0 saturated carbocycles. The zero-order valence-electron chi connectivity index (χ0n) is 23.9. The highest BCUT2D eigenvalue weighted by molar-refractivity contribution is 7.99. The van der Waals surface area contributed by atoms with Crippen LogP contribution in [0.3, 0.4) is 0 Å². The Balaban J connectivity index is 0.988. The van der Waals surface area contributed by atoms with Crippen molar-refractivity contribution in [3.63, 3.8) is 0 Å². The molecule has 0 heterocycles. The monoisotopic (exact) mass is 582 g/mol. The third kappa shape index (κ3) is 8.00. The van der Waals surface area contributed by atoms with Crippen molar-refractivity contribution in [2.24, 2.45) is 0 Å². The van der Waals surface area contributed by atoms with Gasteiger partial charge in [-0.3, -0.25) is 0 Å². The Morgan fingerprint density at radius 3 is 0.698 bits per heavy atom. The lowest BCUT2D eigenvalue weighted by Gasteiger charge is -2.10. The molecule has 0 aliphatic heterocycles. The van der Waals surface area contributed by atoms with Gasteiger partial charge < -0.3 is 18.9 Å². The van der Waals surface area contributed by atoms with Gasteiger partial charge in [0.15, 0.2) is 0 Å². The average molecular weight is 583 g/mol. The summed E-state index contributed by atoms with van der Waals surface area (Å²) in [5.41, 5.74) is 2.40. The normalized spacial score (nSPS) is 10.7. The summed E-state index contributed by atoms with van der Waals surface area (Å²) in [6, 6.07) is 47.3. The van der Waals surface area contributed by atoms with Crippen LogP contribution in [0.2, 0.25) is 0 Å². The van der Waals surface area contributed by atoms with Gasteiger partial charge in [0.05, 0.1) is 0 Å². The minimum absolute atomic E-state index is 0.751. The lowest BCUT2D eigenvalue weighted by molar-refractivity contribution is 0.469. The molecule has 212 valence electrons. The Labute approximate surface area is 256 Å². The van der Waals surface area contributed by atoms with Crippen LogP contribution in [-0.2, 0) is 0 Å². The van der Waals surface area contributed by atoms with Crippen LogP contribution >= 0.6 is 11.8 Å². The van der Waals surface area contributed by atoms with Gasteiger partial charge in [-0.25, -0.2) is 0 Å². The minimum Gasteiger partial charge on any atom is -0.457 e. The predicted octanol–water partition coefficient (Wildman–Crippen LogP) is 11.6. The number of rotatable bonds is 10. The van der Waals surface area contributed by atoms with Crippen LogP contribution in [0.5, 0.6) is 46.0 Å². The molecule has 4 nitrogen and oxygen atoms in total. The molecule has 0 unspecified atom stereocenters. The fraction of sp³-hybridized carbons (Fsp3) is 0.0526. The lowest BCUT2D eigenvalue weighted by Crippen LogP contribution is -1.87. The number of hydrogen-bond acceptors (Lipinski definition) is 5. The topological polar surface area (TPSA) is 36.9 Å². The summed E-state index contributed by atoms with van der Waals surface area (Å²) in [6.45, 7) is 4.11. The van der Waals surface area contributed by atoms with Crippen LogP contribution in [0.25, 0.3) is 0 Å². The number of benzene rings is 6. The van der Waals surface area contributed by atoms with Gasteiger partial charge in [0.25, 0.3) is 0 Å². The quantitative estimate of drug-likeness (QED) is 0.161. The molecule has 0 fully saturated rings. The molecule has 0 saturated heterocycles. The van der Waals surface area contributed by atoms with Crippen molar-refractivity contribution in [3.05, 3.63) is 157 Å². The van der Waals surface area contributed by atoms with Gasteiger partial charge in [0.2, 0.25) is 0 Å². The van der Waals surface area contributed by atoms with Crippen LogP contribution in [0.1, 0.15) is 11.1 Å². The average Bonchev–Trinajstić information content (AvgIpc) is 3.03. The van der Waals surface area contributed by atoms with E-state index >= 15 is 0 Å². The molecule has 0 aromatic heterocycles. The summed E-state index contributed by atoms with van der Waals surface area (Å²) in [5, 5.41) is 0. The van der Waals surface area contributed by atoms with Crippen LogP contribution in [0, 0.1) is 13.8 Å². The lowest BCUT2D eigenvalue weighted by atomic mass is 10.2. The second kappa shape index (κ2) is 13.2. The first kappa shape index (κ1) is 28.0. The van der Waals surface area contributed by atoms with Gasteiger partial charge in [0.1, 0.15) is 46.0 Å². The number of aryl methyl sites for hydroxylation is 2. The van der Waals surface area contributed by atoms with Gasteiger partial charge >= 0.3 is 0 Å². The molecule has 0 aliphatic rings. The summed E-state index contributed by atoms with van der Waals surface area (Å²) in [5.74, 6) is 6.20. The summed E-state index contributed by atoms with van der Waals surface area (Å²) in [6.07, 6.45) is 0. The van der Waals surface area contributed by atoms with Crippen molar-refractivity contribution in [1.29, 1.82) is 0 Å². The molecule has 6 aromatic carbocycles. The first-order valence-electron chi connectivity index (χ1n) is 14.0. The van der Waals surface area contributed by atoms with E-state index in [1.54, 1.807) is 11.8 Å². The molecular formula is C38H30O4S. The van der Waals surface area contributed by atoms with E-state index in [-0.39, 0.29) is 0 Å². The molecule has 6 rings (SSSR count). The molecule has 6 aromatic rings. The number of hydrogen-bond donors (Lipinski definition) is 0. The Kier molecular flexibility index (Phi) is 8.62. The molecule has 0 N–H and O–H groups in total. The molecule has 0 radical (unpaired) electrons. The van der Waals surface area contributed by atoms with Crippen LogP contribution < -0.4 is 18.9 Å². The molecule has 5 heteroatoms. The Bertz CT molecular complexity index is 1610. The van der Waals surface area contributed by atoms with Gasteiger partial charge in [-0.1, -0.05) is 47.2 Å². The second-order valence-corrected chi connectivity index (χ2v) is 11.2. The highest BCUT2D eigenvalue weighted by Crippen LogP contribution is 2.33. The van der Waals surface area contributed by atoms with Gasteiger partial charge in [-0.15, -0.1) is 0 Å². The Morgan fingerprint density at radius 2 is 0.465 bits per heavy atom. The molecule has 0 aliphatic carbocycles. The van der Waals surface area contributed by atoms with E-state index in [1.807, 2.05) is 121 Å². The molecule has 0 amide bonds. The second-order valence-electron chi connectivity index (χ2n) is 10.0. The van der Waals surface area contributed by atoms with Crippen molar-refractivity contribution in [3.8, 4) is 46.0 Å². The highest BCUT2D eigenvalue weighted by Gasteiger charge is 2.05. The molecule has 0 bridgehead atoms. The van der Waals surface area contributed by atoms with E-state index in [1.165, 1.54) is 11.1 Å². The first-order chi connectivity index (χ1) is 21.0. The van der Waals surface area contributed by atoms with E-state index in [2.05, 4.69) is 38.1 Å². The van der Waals surface area contributed by atoms with Gasteiger partial charge in [-0.2, -0.15) is 0 Å². The fourth-order valence-corrected chi connectivity index (χ4v) is 5.01. The van der Waals surface area contributed by atoms with Gasteiger partial charge in [-0.05, 0) is 135 Å². The zero-order valence-corrected chi connectivity index (χ0v) is 24.7. The van der Waals surface area contributed by atoms with Crippen molar-refractivity contribution >= 4 is 11.8 Å². The molecule has 0 spiro atoms. The van der Waals surface area contributed by atoms with Crippen molar-refractivity contribution in [1.82, 2.24) is 0 Å². The van der Waals surface area contributed by atoms with Crippen molar-refractivity contribution in [2.45, 2.75) is 23.6 Å². The van der Waals surface area contributed by atoms with E-state index in [9.17, 15) is 0 Å². The minimum atomic E-state index is 0.751. The summed E-state index contributed by atoms with van der Waals surface area (Å²) in [4.78, 5) is 2.24. The molecule has 0 atom stereocenters. The van der Waals surface area contributed by atoms with E-state index in [4.69, 9.17) is 18.9 Å². The smallest absolute Gasteiger partial charge is 0.127 e. The fourth-order valence-electron chi connectivity index (χ4n) is 4.20. The molecular weight excluding hydrogens is 552 g/mol. The van der Waals surface area contributed by atoms with Crippen LogP contribution in [0.4, 0.5) is 0 Å². The summed E-state index contributed by atoms with van der Waals surface area (Å²) in [7, 11) is 0. The van der Waals surface area contributed by atoms with E-state index in [0.29, 0.717) is 0 Å². The largest absolute Gasteiger partial charge is 0.457 e. The standard InChI is InChI=1S/C38H30O4S/c1-27-3-7-29(8-4-27)39-31-11-15-33(16-12-31)41-35-19-23-37(24-20-35)43-38-25-21-36(22-26-38)42-34-17-13-32(14-18-34)40-30-9-5-28(2)6-10-30/h3-26H,1-2H3. The van der Waals surface area contributed by atoms with E-state index < -0.39 is 0 Å².